The van der Waals surface area contributed by atoms with E-state index in [-0.39, 0.29) is 13.2 Å². The van der Waals surface area contributed by atoms with E-state index in [1.54, 1.807) is 23.1 Å². The maximum Gasteiger partial charge on any atom is 0.414 e. The van der Waals surface area contributed by atoms with Crippen molar-refractivity contribution in [3.63, 3.8) is 0 Å². The van der Waals surface area contributed by atoms with Crippen molar-refractivity contribution in [2.45, 2.75) is 12.6 Å². The molecule has 1 N–H and O–H groups in total. The number of carbonyl (C=O) groups excluding carboxylic acids is 1. The van der Waals surface area contributed by atoms with Gasteiger partial charge in [-0.1, -0.05) is 24.3 Å². The van der Waals surface area contributed by atoms with Crippen LogP contribution in [0.2, 0.25) is 0 Å². The van der Waals surface area contributed by atoms with Gasteiger partial charge in [0.15, 0.2) is 0 Å². The molecule has 8 heteroatoms. The number of anilines is 1. The molecule has 138 valence electrons. The highest BCUT2D eigenvalue weighted by molar-refractivity contribution is 5.90. The summed E-state index contributed by atoms with van der Waals surface area (Å²) in [6.45, 7) is 0.527. The van der Waals surface area contributed by atoms with E-state index in [9.17, 15) is 9.18 Å². The Morgan fingerprint density at radius 1 is 1.22 bits per heavy atom. The Balaban J connectivity index is 1.53. The van der Waals surface area contributed by atoms with Gasteiger partial charge < -0.3 is 9.84 Å². The van der Waals surface area contributed by atoms with Crippen LogP contribution in [0.5, 0.6) is 0 Å². The van der Waals surface area contributed by atoms with Crippen molar-refractivity contribution >= 4 is 11.8 Å². The molecule has 1 saturated heterocycles. The minimum Gasteiger partial charge on any atom is -0.441 e. The van der Waals surface area contributed by atoms with E-state index in [2.05, 4.69) is 10.1 Å². The lowest BCUT2D eigenvalue weighted by Gasteiger charge is -2.14. The van der Waals surface area contributed by atoms with Crippen LogP contribution in [0.1, 0.15) is 5.56 Å². The van der Waals surface area contributed by atoms with Gasteiger partial charge in [-0.15, -0.1) is 0 Å². The predicted octanol–water partition coefficient (Wildman–Crippen LogP) is 2.45. The second-order valence-corrected chi connectivity index (χ2v) is 6.25. The molecule has 0 spiro atoms. The molecule has 1 amide bonds. The third-order valence-electron chi connectivity index (χ3n) is 4.42. The van der Waals surface area contributed by atoms with E-state index in [0.717, 1.165) is 11.1 Å². The monoisotopic (exact) mass is 368 g/mol. The molecule has 27 heavy (non-hydrogen) atoms. The number of amides is 1. The van der Waals surface area contributed by atoms with Crippen LogP contribution in [-0.4, -0.2) is 45.2 Å². The molecule has 1 aliphatic heterocycles. The summed E-state index contributed by atoms with van der Waals surface area (Å²) >= 11 is 0. The van der Waals surface area contributed by atoms with Crippen LogP contribution in [0.3, 0.4) is 0 Å². The van der Waals surface area contributed by atoms with E-state index < -0.39 is 18.0 Å². The number of aromatic nitrogens is 3. The molecule has 0 saturated carbocycles. The van der Waals surface area contributed by atoms with Gasteiger partial charge in [0.1, 0.15) is 24.6 Å². The summed E-state index contributed by atoms with van der Waals surface area (Å²) in [5, 5.41) is 13.2. The summed E-state index contributed by atoms with van der Waals surface area (Å²) in [4.78, 5) is 17.1. The van der Waals surface area contributed by atoms with Crippen molar-refractivity contribution in [3.05, 3.63) is 66.5 Å². The highest BCUT2D eigenvalue weighted by Crippen LogP contribution is 2.29. The second-order valence-electron chi connectivity index (χ2n) is 6.25. The number of aliphatic hydroxyl groups excluding tert-OH is 1. The number of hydrogen-bond donors (Lipinski definition) is 1. The Hall–Kier alpha value is -3.26. The zero-order chi connectivity index (χ0) is 18.8. The Labute approximate surface area is 154 Å². The smallest absolute Gasteiger partial charge is 0.414 e. The zero-order valence-corrected chi connectivity index (χ0v) is 14.3. The molecule has 2 aromatic carbocycles. The average Bonchev–Trinajstić information content (AvgIpc) is 3.32. The van der Waals surface area contributed by atoms with Crippen molar-refractivity contribution in [2.24, 2.45) is 0 Å². The van der Waals surface area contributed by atoms with E-state index >= 15 is 0 Å². The second kappa shape index (κ2) is 7.16. The van der Waals surface area contributed by atoms with Crippen molar-refractivity contribution in [1.29, 1.82) is 0 Å². The molecule has 1 aliphatic rings. The van der Waals surface area contributed by atoms with E-state index in [4.69, 9.17) is 9.84 Å². The first-order valence-electron chi connectivity index (χ1n) is 8.44. The first-order valence-corrected chi connectivity index (χ1v) is 8.44. The lowest BCUT2D eigenvalue weighted by Crippen LogP contribution is -2.25. The molecule has 0 unspecified atom stereocenters. The number of aliphatic hydroxyl groups is 1. The summed E-state index contributed by atoms with van der Waals surface area (Å²) in [5.41, 5.74) is 2.60. The van der Waals surface area contributed by atoms with E-state index in [1.807, 2.05) is 24.3 Å². The molecular weight excluding hydrogens is 351 g/mol. The van der Waals surface area contributed by atoms with Gasteiger partial charge in [-0.25, -0.2) is 18.9 Å². The zero-order valence-electron chi connectivity index (χ0n) is 14.3. The van der Waals surface area contributed by atoms with Gasteiger partial charge in [0.25, 0.3) is 0 Å². The third kappa shape index (κ3) is 3.52. The first-order chi connectivity index (χ1) is 13.1. The van der Waals surface area contributed by atoms with Crippen molar-refractivity contribution < 1.29 is 19.0 Å². The van der Waals surface area contributed by atoms with Crippen LogP contribution in [0.4, 0.5) is 14.9 Å². The average molecular weight is 368 g/mol. The fourth-order valence-corrected chi connectivity index (χ4v) is 3.02. The number of nitrogens with zero attached hydrogens (tertiary/aromatic N) is 4. The highest BCUT2D eigenvalue weighted by atomic mass is 19.1. The van der Waals surface area contributed by atoms with Crippen LogP contribution in [0.15, 0.2) is 55.1 Å². The van der Waals surface area contributed by atoms with Crippen LogP contribution >= 0.6 is 0 Å². The van der Waals surface area contributed by atoms with Crippen molar-refractivity contribution in [1.82, 2.24) is 14.8 Å². The Bertz CT molecular complexity index is 944. The third-order valence-corrected chi connectivity index (χ3v) is 4.42. The number of carbonyl (C=O) groups is 1. The molecular formula is C19H17FN4O3. The lowest BCUT2D eigenvalue weighted by atomic mass is 10.0. The van der Waals surface area contributed by atoms with E-state index in [1.165, 1.54) is 17.3 Å². The SMILES string of the molecule is O=C1O[C@@H](CO)CN1c1ccc(-c2ccc(Cn3cncn3)cc2)c(F)c1. The molecule has 1 aromatic heterocycles. The molecule has 0 aliphatic carbocycles. The normalized spacial score (nSPS) is 16.6. The number of cyclic esters (lactones) is 1. The van der Waals surface area contributed by atoms with Crippen LogP contribution in [-0.2, 0) is 11.3 Å². The summed E-state index contributed by atoms with van der Waals surface area (Å²) in [5.74, 6) is -0.434. The fourth-order valence-electron chi connectivity index (χ4n) is 3.02. The molecule has 3 aromatic rings. The Kier molecular flexibility index (Phi) is 4.55. The minimum atomic E-state index is -0.585. The maximum atomic E-state index is 14.7. The number of benzene rings is 2. The minimum absolute atomic E-state index is 0.200. The summed E-state index contributed by atoms with van der Waals surface area (Å²) in [6.07, 6.45) is 1.94. The highest BCUT2D eigenvalue weighted by Gasteiger charge is 2.32. The molecule has 1 fully saturated rings. The van der Waals surface area contributed by atoms with Gasteiger partial charge >= 0.3 is 6.09 Å². The van der Waals surface area contributed by atoms with Crippen LogP contribution < -0.4 is 4.90 Å². The summed E-state index contributed by atoms with van der Waals surface area (Å²) in [7, 11) is 0. The van der Waals surface area contributed by atoms with Gasteiger partial charge in [0, 0.05) is 5.56 Å². The molecule has 0 bridgehead atoms. The quantitative estimate of drug-likeness (QED) is 0.748. The van der Waals surface area contributed by atoms with E-state index in [0.29, 0.717) is 17.8 Å². The number of rotatable bonds is 5. The molecule has 2 heterocycles. The molecule has 4 rings (SSSR count). The van der Waals surface area contributed by atoms with Gasteiger partial charge in [-0.05, 0) is 29.3 Å². The van der Waals surface area contributed by atoms with Crippen molar-refractivity contribution in [3.8, 4) is 11.1 Å². The maximum absolute atomic E-state index is 14.7. The summed E-state index contributed by atoms with van der Waals surface area (Å²) < 4.78 is 21.3. The van der Waals surface area contributed by atoms with Crippen LogP contribution in [0, 0.1) is 5.82 Å². The standard InChI is InChI=1S/C19H17FN4O3/c20-18-7-15(24-9-16(10-25)27-19(24)26)5-6-17(18)14-3-1-13(2-4-14)8-23-12-21-11-22-23/h1-7,11-12,16,25H,8-10H2/t16-/m1/s1. The van der Waals surface area contributed by atoms with Gasteiger partial charge in [-0.3, -0.25) is 4.90 Å². The largest absolute Gasteiger partial charge is 0.441 e. The predicted molar refractivity (Wildman–Crippen MR) is 95.7 cm³/mol. The Morgan fingerprint density at radius 3 is 2.67 bits per heavy atom. The number of hydrogen-bond acceptors (Lipinski definition) is 5. The summed E-state index contributed by atoms with van der Waals surface area (Å²) in [6, 6.07) is 12.1. The lowest BCUT2D eigenvalue weighted by molar-refractivity contribution is 0.0963. The fraction of sp³-hybridized carbons (Fsp3) is 0.211. The van der Waals surface area contributed by atoms with Crippen molar-refractivity contribution in [2.75, 3.05) is 18.1 Å². The number of halogens is 1. The van der Waals surface area contributed by atoms with Crippen LogP contribution in [0.25, 0.3) is 11.1 Å². The molecule has 0 radical (unpaired) electrons. The molecule has 1 atom stereocenters. The number of ether oxygens (including phenoxy) is 1. The van der Waals surface area contributed by atoms with Gasteiger partial charge in [-0.2, -0.15) is 5.10 Å². The first kappa shape index (κ1) is 17.2. The molecule has 7 nitrogen and oxygen atoms in total. The van der Waals surface area contributed by atoms with Gasteiger partial charge in [0.05, 0.1) is 25.4 Å². The van der Waals surface area contributed by atoms with Gasteiger partial charge in [0.2, 0.25) is 0 Å². The Morgan fingerprint density at radius 2 is 2.04 bits per heavy atom. The topological polar surface area (TPSA) is 80.5 Å².